The van der Waals surface area contributed by atoms with Crippen LogP contribution in [-0.4, -0.2) is 38.8 Å². The van der Waals surface area contributed by atoms with E-state index in [2.05, 4.69) is 21.5 Å². The zero-order valence-electron chi connectivity index (χ0n) is 17.2. The maximum atomic E-state index is 12.9. The van der Waals surface area contributed by atoms with Gasteiger partial charge in [0.25, 0.3) is 0 Å². The molecule has 0 N–H and O–H groups in total. The number of pyridine rings is 1. The van der Waals surface area contributed by atoms with Crippen molar-refractivity contribution < 1.29 is 18.0 Å². The molecular formula is C24H21F3N4O. The Morgan fingerprint density at radius 1 is 1.06 bits per heavy atom. The van der Waals surface area contributed by atoms with Crippen LogP contribution in [0.4, 0.5) is 13.2 Å². The maximum absolute atomic E-state index is 12.9. The molecule has 8 heteroatoms. The average molecular weight is 438 g/mol. The molecule has 0 spiro atoms. The lowest BCUT2D eigenvalue weighted by atomic mass is 9.92. The van der Waals surface area contributed by atoms with Gasteiger partial charge in [0.2, 0.25) is 5.91 Å². The molecule has 0 bridgehead atoms. The number of hydrogen-bond acceptors (Lipinski definition) is 4. The van der Waals surface area contributed by atoms with E-state index in [0.717, 1.165) is 35.2 Å². The molecule has 164 valence electrons. The van der Waals surface area contributed by atoms with Crippen molar-refractivity contribution in [2.45, 2.75) is 19.0 Å². The van der Waals surface area contributed by atoms with Crippen LogP contribution in [0.5, 0.6) is 0 Å². The number of halogens is 3. The molecule has 5 nitrogen and oxygen atoms in total. The molecule has 0 aliphatic carbocycles. The van der Waals surface area contributed by atoms with E-state index in [-0.39, 0.29) is 12.3 Å². The van der Waals surface area contributed by atoms with Crippen LogP contribution in [0.1, 0.15) is 22.5 Å². The normalized spacial score (nSPS) is 14.2. The van der Waals surface area contributed by atoms with E-state index >= 15 is 0 Å². The second-order valence-corrected chi connectivity index (χ2v) is 7.86. The quantitative estimate of drug-likeness (QED) is 0.538. The number of carbonyl (C=O) groups is 1. The van der Waals surface area contributed by atoms with Crippen molar-refractivity contribution in [1.29, 1.82) is 0 Å². The molecule has 0 unspecified atom stereocenters. The molecule has 0 radical (unpaired) electrons. The third-order valence-electron chi connectivity index (χ3n) is 5.42. The largest absolute Gasteiger partial charge is 0.416 e. The highest BCUT2D eigenvalue weighted by molar-refractivity contribution is 5.87. The number of benzene rings is 1. The topological polar surface area (TPSA) is 59.0 Å². The van der Waals surface area contributed by atoms with Crippen LogP contribution in [0.25, 0.3) is 11.1 Å². The van der Waals surface area contributed by atoms with Gasteiger partial charge in [-0.05, 0) is 41.7 Å². The summed E-state index contributed by atoms with van der Waals surface area (Å²) in [6, 6.07) is 7.21. The number of hydrogen-bond donors (Lipinski definition) is 0. The highest BCUT2D eigenvalue weighted by atomic mass is 19.4. The summed E-state index contributed by atoms with van der Waals surface area (Å²) in [6.07, 6.45) is 4.83. The minimum Gasteiger partial charge on any atom is -0.338 e. The first-order valence-electron chi connectivity index (χ1n) is 10.1. The molecule has 1 fully saturated rings. The Morgan fingerprint density at radius 3 is 2.50 bits per heavy atom. The second kappa shape index (κ2) is 8.90. The molecule has 0 saturated carbocycles. The Morgan fingerprint density at radius 2 is 1.81 bits per heavy atom. The Bertz CT molecular complexity index is 1120. The standard InChI is InChI=1S/C24H21F3N4O/c1-2-23(32)31-14-18(15-31)6-17-7-19(11-28-10-17)20-12-29-22(30-13-20)9-16-4-3-5-21(8-16)24(25,26)27/h2-5,7-8,10-13,18H,1,6,9,14-15H2. The van der Waals surface area contributed by atoms with Crippen LogP contribution < -0.4 is 0 Å². The predicted octanol–water partition coefficient (Wildman–Crippen LogP) is 4.34. The lowest BCUT2D eigenvalue weighted by molar-refractivity contribution is -0.137. The summed E-state index contributed by atoms with van der Waals surface area (Å²) in [7, 11) is 0. The van der Waals surface area contributed by atoms with E-state index in [9.17, 15) is 18.0 Å². The summed E-state index contributed by atoms with van der Waals surface area (Å²) in [5.74, 6) is 0.788. The average Bonchev–Trinajstić information content (AvgIpc) is 2.76. The van der Waals surface area contributed by atoms with E-state index in [1.807, 2.05) is 12.3 Å². The van der Waals surface area contributed by atoms with Crippen LogP contribution >= 0.6 is 0 Å². The molecule has 1 aliphatic rings. The second-order valence-electron chi connectivity index (χ2n) is 7.86. The number of carbonyl (C=O) groups excluding carboxylic acids is 1. The number of rotatable bonds is 6. The number of alkyl halides is 3. The van der Waals surface area contributed by atoms with Gasteiger partial charge in [0.1, 0.15) is 5.82 Å². The van der Waals surface area contributed by atoms with Crippen molar-refractivity contribution >= 4 is 5.91 Å². The third-order valence-corrected chi connectivity index (χ3v) is 5.42. The molecule has 1 aromatic carbocycles. The van der Waals surface area contributed by atoms with E-state index in [1.54, 1.807) is 29.6 Å². The molecule has 4 rings (SSSR count). The number of aromatic nitrogens is 3. The molecule has 1 amide bonds. The van der Waals surface area contributed by atoms with Gasteiger partial charge in [0, 0.05) is 55.4 Å². The zero-order chi connectivity index (χ0) is 22.7. The van der Waals surface area contributed by atoms with Crippen molar-refractivity contribution in [3.05, 3.63) is 90.3 Å². The number of amides is 1. The fourth-order valence-electron chi connectivity index (χ4n) is 3.73. The maximum Gasteiger partial charge on any atom is 0.416 e. The molecule has 0 atom stereocenters. The van der Waals surface area contributed by atoms with Gasteiger partial charge in [0.05, 0.1) is 5.56 Å². The van der Waals surface area contributed by atoms with Crippen LogP contribution in [0, 0.1) is 5.92 Å². The third kappa shape index (κ3) is 5.01. The summed E-state index contributed by atoms with van der Waals surface area (Å²) in [6.45, 7) is 4.92. The van der Waals surface area contributed by atoms with E-state index in [1.165, 1.54) is 12.1 Å². The predicted molar refractivity (Wildman–Crippen MR) is 113 cm³/mol. The summed E-state index contributed by atoms with van der Waals surface area (Å²) in [4.78, 5) is 26.3. The van der Waals surface area contributed by atoms with Gasteiger partial charge >= 0.3 is 6.18 Å². The van der Waals surface area contributed by atoms with Gasteiger partial charge in [0.15, 0.2) is 0 Å². The van der Waals surface area contributed by atoms with Gasteiger partial charge in [-0.2, -0.15) is 13.2 Å². The van der Waals surface area contributed by atoms with Crippen molar-refractivity contribution in [2.75, 3.05) is 13.1 Å². The molecular weight excluding hydrogens is 417 g/mol. The highest BCUT2D eigenvalue weighted by Crippen LogP contribution is 2.30. The first-order valence-corrected chi connectivity index (χ1v) is 10.1. The smallest absolute Gasteiger partial charge is 0.338 e. The first kappa shape index (κ1) is 21.7. The fraction of sp³-hybridized carbons (Fsp3) is 0.250. The summed E-state index contributed by atoms with van der Waals surface area (Å²) in [5.41, 5.74) is 2.53. The monoisotopic (exact) mass is 438 g/mol. The minimum absolute atomic E-state index is 0.0458. The highest BCUT2D eigenvalue weighted by Gasteiger charge is 2.30. The fourth-order valence-corrected chi connectivity index (χ4v) is 3.73. The Balaban J connectivity index is 1.41. The molecule has 3 aromatic rings. The number of nitrogens with zero attached hydrogens (tertiary/aromatic N) is 4. The van der Waals surface area contributed by atoms with Crippen molar-refractivity contribution in [2.24, 2.45) is 5.92 Å². The zero-order valence-corrected chi connectivity index (χ0v) is 17.2. The Labute approximate surface area is 183 Å². The molecule has 32 heavy (non-hydrogen) atoms. The summed E-state index contributed by atoms with van der Waals surface area (Å²) < 4.78 is 38.7. The van der Waals surface area contributed by atoms with Gasteiger partial charge in [-0.3, -0.25) is 9.78 Å². The minimum atomic E-state index is -4.38. The van der Waals surface area contributed by atoms with Gasteiger partial charge in [-0.1, -0.05) is 24.8 Å². The summed E-state index contributed by atoms with van der Waals surface area (Å²) in [5, 5.41) is 0. The molecule has 1 saturated heterocycles. The Hall–Kier alpha value is -3.55. The van der Waals surface area contributed by atoms with Gasteiger partial charge in [-0.25, -0.2) is 9.97 Å². The van der Waals surface area contributed by atoms with Crippen LogP contribution in [0.15, 0.2) is 67.8 Å². The van der Waals surface area contributed by atoms with Crippen molar-refractivity contribution in [3.8, 4) is 11.1 Å². The van der Waals surface area contributed by atoms with Gasteiger partial charge < -0.3 is 4.90 Å². The lowest BCUT2D eigenvalue weighted by Crippen LogP contribution is -2.50. The van der Waals surface area contributed by atoms with Crippen LogP contribution in [0.3, 0.4) is 0 Å². The molecule has 1 aliphatic heterocycles. The summed E-state index contributed by atoms with van der Waals surface area (Å²) >= 11 is 0. The van der Waals surface area contributed by atoms with E-state index in [4.69, 9.17) is 0 Å². The van der Waals surface area contributed by atoms with Gasteiger partial charge in [-0.15, -0.1) is 0 Å². The lowest BCUT2D eigenvalue weighted by Gasteiger charge is -2.38. The van der Waals surface area contributed by atoms with E-state index < -0.39 is 11.7 Å². The SMILES string of the molecule is C=CC(=O)N1CC(Cc2cncc(-c3cnc(Cc4cccc(C(F)(F)F)c4)nc3)c2)C1. The molecule has 3 heterocycles. The Kier molecular flexibility index (Phi) is 6.03. The van der Waals surface area contributed by atoms with Crippen LogP contribution in [0.2, 0.25) is 0 Å². The van der Waals surface area contributed by atoms with Crippen molar-refractivity contribution in [3.63, 3.8) is 0 Å². The molecule has 2 aromatic heterocycles. The van der Waals surface area contributed by atoms with Crippen molar-refractivity contribution in [1.82, 2.24) is 19.9 Å². The van der Waals surface area contributed by atoms with E-state index in [0.29, 0.717) is 30.4 Å². The number of likely N-dealkylation sites (tertiary alicyclic amines) is 1. The first-order chi connectivity index (χ1) is 15.3. The van der Waals surface area contributed by atoms with Crippen LogP contribution in [-0.2, 0) is 23.8 Å².